The molecule has 0 aromatic heterocycles. The number of carbonyl (C=O) groups is 3. The Labute approximate surface area is 195 Å². The van der Waals surface area contributed by atoms with Gasteiger partial charge in [-0.25, -0.2) is 10.2 Å². The summed E-state index contributed by atoms with van der Waals surface area (Å²) in [6.07, 6.45) is 1.39. The van der Waals surface area contributed by atoms with E-state index in [-0.39, 0.29) is 17.9 Å². The summed E-state index contributed by atoms with van der Waals surface area (Å²) in [7, 11) is 1.44. The van der Waals surface area contributed by atoms with Gasteiger partial charge in [-0.05, 0) is 48.0 Å². The van der Waals surface area contributed by atoms with E-state index in [9.17, 15) is 14.4 Å². The molecular formula is C24H20ClN3O5. The quantitative estimate of drug-likeness (QED) is 0.229. The molecule has 0 unspecified atom stereocenters. The summed E-state index contributed by atoms with van der Waals surface area (Å²) in [5, 5.41) is 6.62. The molecule has 9 heteroatoms. The van der Waals surface area contributed by atoms with Crippen molar-refractivity contribution in [3.8, 4) is 11.5 Å². The Hall–Kier alpha value is -4.17. The number of hydrogen-bond donors (Lipinski definition) is 2. The van der Waals surface area contributed by atoms with Crippen LogP contribution >= 0.6 is 11.6 Å². The first-order valence-electron chi connectivity index (χ1n) is 9.78. The van der Waals surface area contributed by atoms with E-state index >= 15 is 0 Å². The van der Waals surface area contributed by atoms with E-state index in [4.69, 9.17) is 21.1 Å². The number of benzene rings is 3. The van der Waals surface area contributed by atoms with Crippen molar-refractivity contribution >= 4 is 35.6 Å². The molecule has 0 radical (unpaired) electrons. The Morgan fingerprint density at radius 1 is 0.970 bits per heavy atom. The highest BCUT2D eigenvalue weighted by atomic mass is 35.5. The van der Waals surface area contributed by atoms with E-state index in [0.717, 1.165) is 0 Å². The van der Waals surface area contributed by atoms with Gasteiger partial charge in [0.1, 0.15) is 0 Å². The van der Waals surface area contributed by atoms with Crippen LogP contribution in [0.2, 0.25) is 5.02 Å². The van der Waals surface area contributed by atoms with Crippen LogP contribution in [-0.4, -0.2) is 37.7 Å². The van der Waals surface area contributed by atoms with Gasteiger partial charge in [0.2, 0.25) is 0 Å². The highest BCUT2D eigenvalue weighted by molar-refractivity contribution is 6.33. The summed E-state index contributed by atoms with van der Waals surface area (Å²) in [5.74, 6) is -0.935. The van der Waals surface area contributed by atoms with Gasteiger partial charge in [-0.1, -0.05) is 41.9 Å². The molecule has 8 nitrogen and oxygen atoms in total. The summed E-state index contributed by atoms with van der Waals surface area (Å²) in [4.78, 5) is 36.2. The molecule has 0 aliphatic heterocycles. The molecule has 0 saturated carbocycles. The first kappa shape index (κ1) is 23.5. The minimum atomic E-state index is -0.521. The number of esters is 1. The number of nitrogens with zero attached hydrogens (tertiary/aromatic N) is 1. The number of hydrazone groups is 1. The fraction of sp³-hybridized carbons (Fsp3) is 0.0833. The molecule has 0 aliphatic rings. The van der Waals surface area contributed by atoms with Crippen molar-refractivity contribution < 1.29 is 23.9 Å². The lowest BCUT2D eigenvalue weighted by molar-refractivity contribution is -0.120. The van der Waals surface area contributed by atoms with E-state index in [2.05, 4.69) is 15.8 Å². The van der Waals surface area contributed by atoms with Crippen molar-refractivity contribution in [2.45, 2.75) is 0 Å². The highest BCUT2D eigenvalue weighted by Gasteiger charge is 2.13. The molecule has 0 saturated heterocycles. The van der Waals surface area contributed by atoms with Gasteiger partial charge in [0, 0.05) is 0 Å². The minimum Gasteiger partial charge on any atom is -0.493 e. The van der Waals surface area contributed by atoms with Crippen molar-refractivity contribution in [3.05, 3.63) is 94.5 Å². The van der Waals surface area contributed by atoms with Crippen molar-refractivity contribution in [2.75, 3.05) is 13.7 Å². The van der Waals surface area contributed by atoms with Crippen LogP contribution < -0.4 is 20.2 Å². The molecule has 0 spiro atoms. The smallest absolute Gasteiger partial charge is 0.343 e. The molecule has 2 amide bonds. The van der Waals surface area contributed by atoms with Crippen LogP contribution in [0.1, 0.15) is 26.3 Å². The van der Waals surface area contributed by atoms with Crippen molar-refractivity contribution in [2.24, 2.45) is 5.10 Å². The molecule has 168 valence electrons. The van der Waals surface area contributed by atoms with Gasteiger partial charge in [-0.3, -0.25) is 9.59 Å². The topological polar surface area (TPSA) is 106 Å². The average Bonchev–Trinajstić information content (AvgIpc) is 2.84. The fourth-order valence-corrected chi connectivity index (χ4v) is 2.92. The molecular weight excluding hydrogens is 446 g/mol. The van der Waals surface area contributed by atoms with Gasteiger partial charge >= 0.3 is 5.97 Å². The second-order valence-corrected chi connectivity index (χ2v) is 7.03. The van der Waals surface area contributed by atoms with E-state index in [1.165, 1.54) is 13.3 Å². The summed E-state index contributed by atoms with van der Waals surface area (Å²) in [6.45, 7) is -0.279. The summed E-state index contributed by atoms with van der Waals surface area (Å²) < 4.78 is 10.7. The standard InChI is InChI=1S/C24H20ClN3O5/c1-32-21-13-16(11-12-20(21)33-24(31)17-7-3-2-4-8-17)14-27-28-22(29)15-26-23(30)18-9-5-6-10-19(18)25/h2-14H,15H2,1H3,(H,26,30)(H,28,29). The van der Waals surface area contributed by atoms with Crippen LogP contribution in [-0.2, 0) is 4.79 Å². The molecule has 3 aromatic carbocycles. The van der Waals surface area contributed by atoms with Gasteiger partial charge in [0.05, 0.1) is 36.0 Å². The zero-order chi connectivity index (χ0) is 23.6. The van der Waals surface area contributed by atoms with E-state index < -0.39 is 17.8 Å². The Kier molecular flexibility index (Phi) is 8.15. The summed E-state index contributed by atoms with van der Waals surface area (Å²) in [5.41, 5.74) is 3.59. The Morgan fingerprint density at radius 3 is 2.42 bits per heavy atom. The Morgan fingerprint density at radius 2 is 1.70 bits per heavy atom. The minimum absolute atomic E-state index is 0.245. The van der Waals surface area contributed by atoms with Gasteiger partial charge in [0.15, 0.2) is 11.5 Å². The zero-order valence-electron chi connectivity index (χ0n) is 17.6. The predicted octanol–water partition coefficient (Wildman–Crippen LogP) is 3.45. The van der Waals surface area contributed by atoms with Gasteiger partial charge < -0.3 is 14.8 Å². The van der Waals surface area contributed by atoms with Crippen LogP contribution in [0.25, 0.3) is 0 Å². The van der Waals surface area contributed by atoms with Crippen LogP contribution in [0.15, 0.2) is 77.9 Å². The maximum absolute atomic E-state index is 12.2. The third kappa shape index (κ3) is 6.65. The van der Waals surface area contributed by atoms with Crippen molar-refractivity contribution in [1.82, 2.24) is 10.7 Å². The lowest BCUT2D eigenvalue weighted by atomic mass is 10.2. The SMILES string of the molecule is COc1cc(C=NNC(=O)CNC(=O)c2ccccc2Cl)ccc1OC(=O)c1ccccc1. The van der Waals surface area contributed by atoms with Crippen molar-refractivity contribution in [1.29, 1.82) is 0 Å². The Bertz CT molecular complexity index is 1180. The number of amides is 2. The fourth-order valence-electron chi connectivity index (χ4n) is 2.70. The number of ether oxygens (including phenoxy) is 2. The number of methoxy groups -OCH3 is 1. The highest BCUT2D eigenvalue weighted by Crippen LogP contribution is 2.28. The molecule has 0 bridgehead atoms. The maximum Gasteiger partial charge on any atom is 0.343 e. The van der Waals surface area contributed by atoms with Crippen molar-refractivity contribution in [3.63, 3.8) is 0 Å². The molecule has 3 rings (SSSR count). The molecule has 0 fully saturated rings. The van der Waals surface area contributed by atoms with Crippen LogP contribution in [0.5, 0.6) is 11.5 Å². The normalized spacial score (nSPS) is 10.5. The van der Waals surface area contributed by atoms with E-state index in [0.29, 0.717) is 21.9 Å². The van der Waals surface area contributed by atoms with Crippen LogP contribution in [0, 0.1) is 0 Å². The monoisotopic (exact) mass is 465 g/mol. The second kappa shape index (κ2) is 11.4. The number of carbonyl (C=O) groups excluding carboxylic acids is 3. The molecule has 0 heterocycles. The van der Waals surface area contributed by atoms with Gasteiger partial charge in [0.25, 0.3) is 11.8 Å². The predicted molar refractivity (Wildman–Crippen MR) is 124 cm³/mol. The average molecular weight is 466 g/mol. The third-order valence-electron chi connectivity index (χ3n) is 4.33. The largest absolute Gasteiger partial charge is 0.493 e. The maximum atomic E-state index is 12.2. The zero-order valence-corrected chi connectivity index (χ0v) is 18.3. The number of halogens is 1. The van der Waals surface area contributed by atoms with Gasteiger partial charge in [-0.15, -0.1) is 0 Å². The number of nitrogens with one attached hydrogen (secondary N) is 2. The first-order chi connectivity index (χ1) is 16.0. The third-order valence-corrected chi connectivity index (χ3v) is 4.66. The first-order valence-corrected chi connectivity index (χ1v) is 10.2. The lowest BCUT2D eigenvalue weighted by Gasteiger charge is -2.10. The molecule has 0 aliphatic carbocycles. The molecule has 3 aromatic rings. The van der Waals surface area contributed by atoms with Crippen LogP contribution in [0.4, 0.5) is 0 Å². The number of hydrogen-bond acceptors (Lipinski definition) is 6. The second-order valence-electron chi connectivity index (χ2n) is 6.62. The van der Waals surface area contributed by atoms with Crippen LogP contribution in [0.3, 0.4) is 0 Å². The summed E-state index contributed by atoms with van der Waals surface area (Å²) >= 11 is 5.96. The molecule has 2 N–H and O–H groups in total. The molecule has 0 atom stereocenters. The lowest BCUT2D eigenvalue weighted by Crippen LogP contribution is -2.35. The number of rotatable bonds is 8. The van der Waals surface area contributed by atoms with Gasteiger partial charge in [-0.2, -0.15) is 5.10 Å². The molecule has 33 heavy (non-hydrogen) atoms. The summed E-state index contributed by atoms with van der Waals surface area (Å²) in [6, 6.07) is 19.9. The van der Waals surface area contributed by atoms with E-state index in [1.807, 2.05) is 0 Å². The van der Waals surface area contributed by atoms with E-state index in [1.54, 1.807) is 72.8 Å². The Balaban J connectivity index is 1.54.